The number of halogens is 1. The van der Waals surface area contributed by atoms with Crippen LogP contribution in [0.25, 0.3) is 0 Å². The standard InChI is InChI=1S/C32H47ClN6O8/c1-19-44-17-25(41)27(46-19)15-39(16-28-26(42)18-45-20(2)47-28)12-13-43-23-10-8-21(9-11-23)6-4-3-5-7-22(34)14-24(40)29-31(35)38-32(36)30(33)37-29/h8-11,19-20,25-28,34,41-42H,3-7,12-18H2,1-2H3,(H4,35,36,38)/t19-,20-,25-,26-,27+,28+/m1/s1. The molecule has 0 bridgehead atoms. The minimum atomic E-state index is -0.756. The number of carbonyl (C=O) groups is 1. The molecule has 2 aliphatic heterocycles. The van der Waals surface area contributed by atoms with Crippen molar-refractivity contribution in [1.29, 1.82) is 5.41 Å². The molecular formula is C32H47ClN6O8. The first-order valence-electron chi connectivity index (χ1n) is 16.0. The number of ketones is 1. The van der Waals surface area contributed by atoms with Gasteiger partial charge in [-0.2, -0.15) is 0 Å². The molecule has 4 rings (SSSR count). The Morgan fingerprint density at radius 2 is 1.60 bits per heavy atom. The molecule has 6 atom stereocenters. The van der Waals surface area contributed by atoms with Gasteiger partial charge in [-0.3, -0.25) is 9.69 Å². The van der Waals surface area contributed by atoms with E-state index in [-0.39, 0.29) is 42.1 Å². The van der Waals surface area contributed by atoms with Crippen LogP contribution in [0, 0.1) is 5.41 Å². The van der Waals surface area contributed by atoms with Crippen LogP contribution in [0.2, 0.25) is 5.15 Å². The number of ether oxygens (including phenoxy) is 5. The van der Waals surface area contributed by atoms with Gasteiger partial charge in [0.05, 0.1) is 19.6 Å². The molecule has 1 aromatic carbocycles. The first-order valence-corrected chi connectivity index (χ1v) is 16.4. The van der Waals surface area contributed by atoms with Crippen LogP contribution in [0.5, 0.6) is 5.75 Å². The summed E-state index contributed by atoms with van der Waals surface area (Å²) >= 11 is 5.86. The maximum Gasteiger partial charge on any atom is 0.190 e. The summed E-state index contributed by atoms with van der Waals surface area (Å²) in [5, 5.41) is 28.9. The van der Waals surface area contributed by atoms with E-state index in [0.717, 1.165) is 31.4 Å². The highest BCUT2D eigenvalue weighted by molar-refractivity contribution is 6.31. The lowest BCUT2D eigenvalue weighted by Gasteiger charge is -2.39. The zero-order chi connectivity index (χ0) is 33.9. The summed E-state index contributed by atoms with van der Waals surface area (Å²) in [4.78, 5) is 22.3. The summed E-state index contributed by atoms with van der Waals surface area (Å²) in [6.07, 6.45) is 0.726. The van der Waals surface area contributed by atoms with Gasteiger partial charge < -0.3 is 50.8 Å². The van der Waals surface area contributed by atoms with E-state index in [1.165, 1.54) is 5.56 Å². The van der Waals surface area contributed by atoms with Gasteiger partial charge in [-0.25, -0.2) is 9.97 Å². The number of aryl methyl sites for hydroxylation is 1. The number of benzene rings is 1. The van der Waals surface area contributed by atoms with E-state index >= 15 is 0 Å². The lowest BCUT2D eigenvalue weighted by molar-refractivity contribution is -0.257. The molecular weight excluding hydrogens is 632 g/mol. The number of hydrogen-bond donors (Lipinski definition) is 5. The molecule has 2 aliphatic rings. The maximum absolute atomic E-state index is 12.5. The Balaban J connectivity index is 1.17. The zero-order valence-corrected chi connectivity index (χ0v) is 27.7. The van der Waals surface area contributed by atoms with Crippen LogP contribution >= 0.6 is 11.6 Å². The van der Waals surface area contributed by atoms with Gasteiger partial charge in [0.1, 0.15) is 36.8 Å². The SMILES string of the molecule is C[C@@H]1OC[C@@H](O)[C@H](CN(CCOc2ccc(CCCCCC(=N)CC(=O)c3nc(Cl)c(N)nc3N)cc2)C[C@@H]2O[C@H](C)OC[C@H]2O)O1. The van der Waals surface area contributed by atoms with E-state index < -0.39 is 42.8 Å². The number of nitrogens with one attached hydrogen (secondary N) is 1. The van der Waals surface area contributed by atoms with Crippen molar-refractivity contribution >= 4 is 34.7 Å². The van der Waals surface area contributed by atoms with Crippen LogP contribution in [0.3, 0.4) is 0 Å². The van der Waals surface area contributed by atoms with Crippen molar-refractivity contribution < 1.29 is 38.7 Å². The number of anilines is 2. The minimum absolute atomic E-state index is 0.0387. The van der Waals surface area contributed by atoms with Crippen molar-refractivity contribution in [3.05, 3.63) is 40.7 Å². The fourth-order valence-corrected chi connectivity index (χ4v) is 5.56. The number of aliphatic hydroxyl groups excluding tert-OH is 2. The van der Waals surface area contributed by atoms with Crippen molar-refractivity contribution in [3.63, 3.8) is 0 Å². The maximum atomic E-state index is 12.5. The summed E-state index contributed by atoms with van der Waals surface area (Å²) in [7, 11) is 0. The summed E-state index contributed by atoms with van der Waals surface area (Å²) in [6.45, 7) is 5.78. The Morgan fingerprint density at radius 1 is 0.979 bits per heavy atom. The van der Waals surface area contributed by atoms with Crippen molar-refractivity contribution in [1.82, 2.24) is 14.9 Å². The van der Waals surface area contributed by atoms with E-state index in [4.69, 9.17) is 52.2 Å². The van der Waals surface area contributed by atoms with Gasteiger partial charge in [-0.05, 0) is 57.2 Å². The van der Waals surface area contributed by atoms with E-state index in [0.29, 0.717) is 38.4 Å². The Labute approximate surface area is 280 Å². The monoisotopic (exact) mass is 678 g/mol. The Hall–Kier alpha value is -2.95. The van der Waals surface area contributed by atoms with Crippen molar-refractivity contribution in [3.8, 4) is 5.75 Å². The van der Waals surface area contributed by atoms with Gasteiger partial charge in [0, 0.05) is 25.3 Å². The number of hydrogen-bond acceptors (Lipinski definition) is 14. The largest absolute Gasteiger partial charge is 0.492 e. The van der Waals surface area contributed by atoms with Gasteiger partial charge in [0.2, 0.25) is 0 Å². The van der Waals surface area contributed by atoms with E-state index in [9.17, 15) is 15.0 Å². The van der Waals surface area contributed by atoms with Gasteiger partial charge in [-0.1, -0.05) is 30.2 Å². The minimum Gasteiger partial charge on any atom is -0.492 e. The molecule has 2 fully saturated rings. The third-order valence-corrected chi connectivity index (χ3v) is 8.34. The summed E-state index contributed by atoms with van der Waals surface area (Å²) in [5.41, 5.74) is 12.7. The predicted octanol–water partition coefficient (Wildman–Crippen LogP) is 2.62. The summed E-state index contributed by atoms with van der Waals surface area (Å²) in [6, 6.07) is 7.97. The van der Waals surface area contributed by atoms with Crippen molar-refractivity contribution in [2.24, 2.45) is 0 Å². The van der Waals surface area contributed by atoms with Crippen LogP contribution < -0.4 is 16.2 Å². The first kappa shape index (κ1) is 36.9. The number of aromatic nitrogens is 2. The van der Waals surface area contributed by atoms with E-state index in [2.05, 4.69) is 14.9 Å². The highest BCUT2D eigenvalue weighted by atomic mass is 35.5. The van der Waals surface area contributed by atoms with Crippen LogP contribution in [0.1, 0.15) is 62.0 Å². The fraction of sp³-hybridized carbons (Fsp3) is 0.625. The highest BCUT2D eigenvalue weighted by Crippen LogP contribution is 2.21. The molecule has 0 amide bonds. The molecule has 14 nitrogen and oxygen atoms in total. The first-order chi connectivity index (χ1) is 22.5. The van der Waals surface area contributed by atoms with Gasteiger partial charge in [0.25, 0.3) is 0 Å². The van der Waals surface area contributed by atoms with Crippen molar-refractivity contribution in [2.75, 3.05) is 50.9 Å². The van der Waals surface area contributed by atoms with Crippen molar-refractivity contribution in [2.45, 2.75) is 89.4 Å². The third kappa shape index (κ3) is 11.6. The molecule has 7 N–H and O–H groups in total. The number of carbonyl (C=O) groups excluding carboxylic acids is 1. The lowest BCUT2D eigenvalue weighted by Crippen LogP contribution is -2.54. The Kier molecular flexibility index (Phi) is 14.1. The smallest absolute Gasteiger partial charge is 0.190 e. The third-order valence-electron chi connectivity index (χ3n) is 8.06. The van der Waals surface area contributed by atoms with Crippen LogP contribution in [-0.2, 0) is 25.4 Å². The number of unbranched alkanes of at least 4 members (excludes halogenated alkanes) is 2. The molecule has 15 heteroatoms. The fourth-order valence-electron chi connectivity index (χ4n) is 5.43. The molecule has 2 aromatic rings. The van der Waals surface area contributed by atoms with E-state index in [1.807, 2.05) is 24.3 Å². The van der Waals surface area contributed by atoms with Gasteiger partial charge in [0.15, 0.2) is 40.8 Å². The van der Waals surface area contributed by atoms with Crippen LogP contribution in [-0.4, -0.2) is 113 Å². The normalized spacial score (nSPS) is 24.7. The molecule has 0 aliphatic carbocycles. The molecule has 47 heavy (non-hydrogen) atoms. The topological polar surface area (TPSA) is 209 Å². The number of nitrogens with two attached hydrogens (primary N) is 2. The summed E-state index contributed by atoms with van der Waals surface area (Å²) in [5.74, 6) is 0.213. The molecule has 1 aromatic heterocycles. The molecule has 0 unspecified atom stereocenters. The number of nitrogens with zero attached hydrogens (tertiary/aromatic N) is 3. The molecule has 0 saturated carbocycles. The summed E-state index contributed by atoms with van der Waals surface area (Å²) < 4.78 is 28.5. The second-order valence-electron chi connectivity index (χ2n) is 11.9. The van der Waals surface area contributed by atoms with Crippen LogP contribution in [0.4, 0.5) is 11.6 Å². The predicted molar refractivity (Wildman–Crippen MR) is 176 cm³/mol. The molecule has 3 heterocycles. The highest BCUT2D eigenvalue weighted by Gasteiger charge is 2.34. The second-order valence-corrected chi connectivity index (χ2v) is 12.3. The van der Waals surface area contributed by atoms with Crippen LogP contribution in [0.15, 0.2) is 24.3 Å². The molecule has 0 spiro atoms. The molecule has 260 valence electrons. The number of Topliss-reactive ketones (excluding diaryl/α,β-unsaturated/α-hetero) is 1. The lowest BCUT2D eigenvalue weighted by atomic mass is 10.0. The average molecular weight is 679 g/mol. The Morgan fingerprint density at radius 3 is 2.21 bits per heavy atom. The van der Waals surface area contributed by atoms with E-state index in [1.54, 1.807) is 13.8 Å². The number of nitrogen functional groups attached to an aromatic ring is 2. The second kappa shape index (κ2) is 18.0. The number of rotatable bonds is 17. The number of aliphatic hydroxyl groups is 2. The zero-order valence-electron chi connectivity index (χ0n) is 27.0. The van der Waals surface area contributed by atoms with Gasteiger partial charge >= 0.3 is 0 Å². The van der Waals surface area contributed by atoms with Gasteiger partial charge in [-0.15, -0.1) is 0 Å². The Bertz CT molecular complexity index is 1290. The molecule has 0 radical (unpaired) electrons. The average Bonchev–Trinajstić information content (AvgIpc) is 3.03. The molecule has 2 saturated heterocycles. The quantitative estimate of drug-likeness (QED) is 0.0927.